The summed E-state index contributed by atoms with van der Waals surface area (Å²) in [6.45, 7) is 0.201. The summed E-state index contributed by atoms with van der Waals surface area (Å²) >= 11 is 6.33. The van der Waals surface area contributed by atoms with Crippen LogP contribution < -0.4 is 5.32 Å². The van der Waals surface area contributed by atoms with Crippen LogP contribution in [-0.4, -0.2) is 23.8 Å². The van der Waals surface area contributed by atoms with Gasteiger partial charge in [-0.25, -0.2) is 0 Å². The van der Waals surface area contributed by atoms with Crippen LogP contribution in [0.25, 0.3) is 0 Å². The standard InChI is InChI=1S/C14H14BrNO2S2/c1-19-11-4-2-9(3-5-11)12(17)7-16-14(18)13-6-10(15)8-20-13/h2-6,8,12,17H,7H2,1H3,(H,16,18). The molecular formula is C14H14BrNO2S2. The number of hydrogen-bond donors (Lipinski definition) is 2. The first-order chi connectivity index (χ1) is 9.60. The van der Waals surface area contributed by atoms with Crippen molar-refractivity contribution < 1.29 is 9.90 Å². The topological polar surface area (TPSA) is 49.3 Å². The summed E-state index contributed by atoms with van der Waals surface area (Å²) in [4.78, 5) is 13.6. The van der Waals surface area contributed by atoms with Gasteiger partial charge in [0, 0.05) is 21.3 Å². The third kappa shape index (κ3) is 4.09. The summed E-state index contributed by atoms with van der Waals surface area (Å²) in [6.07, 6.45) is 1.31. The van der Waals surface area contributed by atoms with E-state index < -0.39 is 6.10 Å². The van der Waals surface area contributed by atoms with Crippen molar-refractivity contribution in [1.82, 2.24) is 5.32 Å². The molecule has 2 N–H and O–H groups in total. The number of nitrogens with one attached hydrogen (secondary N) is 1. The molecular weight excluding hydrogens is 358 g/mol. The fourth-order valence-corrected chi connectivity index (χ4v) is 3.40. The van der Waals surface area contributed by atoms with Gasteiger partial charge in [-0.2, -0.15) is 0 Å². The number of thioether (sulfide) groups is 1. The smallest absolute Gasteiger partial charge is 0.261 e. The van der Waals surface area contributed by atoms with E-state index >= 15 is 0 Å². The van der Waals surface area contributed by atoms with Crippen molar-refractivity contribution in [1.29, 1.82) is 0 Å². The molecule has 1 aromatic heterocycles. The van der Waals surface area contributed by atoms with Gasteiger partial charge in [0.25, 0.3) is 5.91 Å². The van der Waals surface area contributed by atoms with Crippen molar-refractivity contribution in [2.75, 3.05) is 12.8 Å². The predicted molar refractivity (Wildman–Crippen MR) is 87.5 cm³/mol. The van der Waals surface area contributed by atoms with E-state index in [9.17, 15) is 9.90 Å². The molecule has 0 fully saturated rings. The number of hydrogen-bond acceptors (Lipinski definition) is 4. The molecule has 0 aliphatic carbocycles. The molecule has 0 saturated carbocycles. The highest BCUT2D eigenvalue weighted by atomic mass is 79.9. The Hall–Kier alpha value is -0.820. The normalized spacial score (nSPS) is 12.2. The van der Waals surface area contributed by atoms with Crippen molar-refractivity contribution in [3.63, 3.8) is 0 Å². The zero-order chi connectivity index (χ0) is 14.5. The minimum atomic E-state index is -0.696. The van der Waals surface area contributed by atoms with Gasteiger partial charge in [-0.15, -0.1) is 23.1 Å². The predicted octanol–water partition coefficient (Wildman–Crippen LogP) is 3.70. The Kier molecular flexibility index (Phi) is 5.65. The van der Waals surface area contributed by atoms with Crippen LogP contribution in [0.1, 0.15) is 21.3 Å². The van der Waals surface area contributed by atoms with Crippen molar-refractivity contribution in [3.05, 3.63) is 50.6 Å². The van der Waals surface area contributed by atoms with Crippen LogP contribution in [0, 0.1) is 0 Å². The summed E-state index contributed by atoms with van der Waals surface area (Å²) in [5.41, 5.74) is 0.801. The lowest BCUT2D eigenvalue weighted by atomic mass is 10.1. The number of thiophene rings is 1. The highest BCUT2D eigenvalue weighted by Gasteiger charge is 2.12. The first kappa shape index (κ1) is 15.6. The lowest BCUT2D eigenvalue weighted by molar-refractivity contribution is 0.0920. The Morgan fingerprint density at radius 1 is 1.45 bits per heavy atom. The Labute approximate surface area is 134 Å². The van der Waals surface area contributed by atoms with E-state index in [4.69, 9.17) is 0 Å². The van der Waals surface area contributed by atoms with Crippen molar-refractivity contribution in [2.45, 2.75) is 11.0 Å². The Morgan fingerprint density at radius 3 is 2.70 bits per heavy atom. The Balaban J connectivity index is 1.91. The average Bonchev–Trinajstić information content (AvgIpc) is 2.91. The summed E-state index contributed by atoms with van der Waals surface area (Å²) < 4.78 is 0.890. The lowest BCUT2D eigenvalue weighted by Crippen LogP contribution is -2.27. The molecule has 1 amide bonds. The van der Waals surface area contributed by atoms with Gasteiger partial charge in [-0.05, 0) is 45.9 Å². The molecule has 1 atom stereocenters. The first-order valence-electron chi connectivity index (χ1n) is 5.94. The lowest BCUT2D eigenvalue weighted by Gasteiger charge is -2.12. The number of benzene rings is 1. The zero-order valence-electron chi connectivity index (χ0n) is 10.8. The maximum atomic E-state index is 11.9. The molecule has 106 valence electrons. The van der Waals surface area contributed by atoms with Crippen LogP contribution in [0.4, 0.5) is 0 Å². The van der Waals surface area contributed by atoms with Gasteiger partial charge in [0.05, 0.1) is 11.0 Å². The number of halogens is 1. The van der Waals surface area contributed by atoms with E-state index in [-0.39, 0.29) is 12.5 Å². The van der Waals surface area contributed by atoms with E-state index in [1.807, 2.05) is 35.9 Å². The summed E-state index contributed by atoms with van der Waals surface area (Å²) in [5.74, 6) is -0.166. The maximum Gasteiger partial charge on any atom is 0.261 e. The largest absolute Gasteiger partial charge is 0.387 e. The minimum Gasteiger partial charge on any atom is -0.387 e. The van der Waals surface area contributed by atoms with Gasteiger partial charge in [0.1, 0.15) is 0 Å². The number of aliphatic hydroxyl groups excluding tert-OH is 1. The van der Waals surface area contributed by atoms with E-state index in [1.54, 1.807) is 17.8 Å². The van der Waals surface area contributed by atoms with Crippen molar-refractivity contribution in [2.24, 2.45) is 0 Å². The second-order valence-electron chi connectivity index (χ2n) is 4.13. The molecule has 0 spiro atoms. The second-order valence-corrected chi connectivity index (χ2v) is 6.83. The number of carbonyl (C=O) groups is 1. The fraction of sp³-hybridized carbons (Fsp3) is 0.214. The molecule has 0 radical (unpaired) electrons. The molecule has 6 heteroatoms. The highest BCUT2D eigenvalue weighted by molar-refractivity contribution is 9.10. The fourth-order valence-electron chi connectivity index (χ4n) is 1.65. The molecule has 1 aromatic carbocycles. The highest BCUT2D eigenvalue weighted by Crippen LogP contribution is 2.21. The number of carbonyl (C=O) groups excluding carboxylic acids is 1. The summed E-state index contributed by atoms with van der Waals surface area (Å²) in [6, 6.07) is 9.44. The Morgan fingerprint density at radius 2 is 2.15 bits per heavy atom. The van der Waals surface area contributed by atoms with Gasteiger partial charge in [0.15, 0.2) is 0 Å². The average molecular weight is 372 g/mol. The maximum absolute atomic E-state index is 11.9. The molecule has 0 aliphatic heterocycles. The van der Waals surface area contributed by atoms with E-state index in [0.717, 1.165) is 14.9 Å². The molecule has 20 heavy (non-hydrogen) atoms. The van der Waals surface area contributed by atoms with Crippen LogP contribution >= 0.6 is 39.0 Å². The van der Waals surface area contributed by atoms with Crippen LogP contribution in [-0.2, 0) is 0 Å². The first-order valence-corrected chi connectivity index (χ1v) is 8.84. The van der Waals surface area contributed by atoms with E-state index in [1.165, 1.54) is 11.3 Å². The van der Waals surface area contributed by atoms with Gasteiger partial charge in [0.2, 0.25) is 0 Å². The van der Waals surface area contributed by atoms with Crippen LogP contribution in [0.5, 0.6) is 0 Å². The second kappa shape index (κ2) is 7.26. The van der Waals surface area contributed by atoms with Gasteiger partial charge in [-0.1, -0.05) is 12.1 Å². The number of amides is 1. The molecule has 2 rings (SSSR count). The van der Waals surface area contributed by atoms with E-state index in [2.05, 4.69) is 21.2 Å². The monoisotopic (exact) mass is 371 g/mol. The molecule has 1 unspecified atom stereocenters. The van der Waals surface area contributed by atoms with Gasteiger partial charge < -0.3 is 10.4 Å². The van der Waals surface area contributed by atoms with Gasteiger partial charge >= 0.3 is 0 Å². The summed E-state index contributed by atoms with van der Waals surface area (Å²) in [5, 5.41) is 14.6. The summed E-state index contributed by atoms with van der Waals surface area (Å²) in [7, 11) is 0. The van der Waals surface area contributed by atoms with Crippen molar-refractivity contribution in [3.8, 4) is 0 Å². The third-order valence-corrected chi connectivity index (χ3v) is 5.18. The molecule has 2 aromatic rings. The third-order valence-electron chi connectivity index (χ3n) is 2.75. The van der Waals surface area contributed by atoms with Crippen LogP contribution in [0.2, 0.25) is 0 Å². The minimum absolute atomic E-state index is 0.166. The van der Waals surface area contributed by atoms with Crippen molar-refractivity contribution >= 4 is 44.9 Å². The molecule has 0 saturated heterocycles. The zero-order valence-corrected chi connectivity index (χ0v) is 14.0. The van der Waals surface area contributed by atoms with Crippen LogP contribution in [0.3, 0.4) is 0 Å². The molecule has 0 aliphatic rings. The molecule has 1 heterocycles. The SMILES string of the molecule is CSc1ccc(C(O)CNC(=O)c2cc(Br)cs2)cc1. The number of rotatable bonds is 5. The van der Waals surface area contributed by atoms with E-state index in [0.29, 0.717) is 4.88 Å². The van der Waals surface area contributed by atoms with Crippen LogP contribution in [0.15, 0.2) is 45.1 Å². The molecule has 3 nitrogen and oxygen atoms in total. The van der Waals surface area contributed by atoms with Gasteiger partial charge in [-0.3, -0.25) is 4.79 Å². The molecule has 0 bridgehead atoms. The Bertz CT molecular complexity index is 583. The number of aliphatic hydroxyl groups is 1. The quantitative estimate of drug-likeness (QED) is 0.787.